The van der Waals surface area contributed by atoms with Gasteiger partial charge in [-0.2, -0.15) is 0 Å². The first-order valence-electron chi connectivity index (χ1n) is 8.35. The van der Waals surface area contributed by atoms with E-state index in [9.17, 15) is 18.3 Å². The fourth-order valence-corrected chi connectivity index (χ4v) is 4.38. The van der Waals surface area contributed by atoms with Crippen molar-refractivity contribution in [1.82, 2.24) is 4.98 Å². The van der Waals surface area contributed by atoms with Gasteiger partial charge in [0.05, 0.1) is 16.2 Å². The molecule has 0 aliphatic carbocycles. The maximum atomic E-state index is 11.6. The van der Waals surface area contributed by atoms with Crippen LogP contribution in [0.15, 0.2) is 70.9 Å². The molecule has 4 rings (SSSR count). The summed E-state index contributed by atoms with van der Waals surface area (Å²) in [5.41, 5.74) is 2.75. The summed E-state index contributed by atoms with van der Waals surface area (Å²) >= 11 is 1.48. The number of fused-ring (bicyclic) bond motifs is 1. The minimum Gasteiger partial charge on any atom is -0.478 e. The second kappa shape index (κ2) is 6.85. The van der Waals surface area contributed by atoms with Crippen molar-refractivity contribution >= 4 is 37.9 Å². The van der Waals surface area contributed by atoms with Crippen LogP contribution in [0, 0.1) is 0 Å². The molecule has 1 heterocycles. The standard InChI is InChI=1S/C21H15NO4S2/c1-28(25,26)18-8-6-14(7-9-18)19-12-27-20(22-19)15-4-2-13-3-5-16(21(23)24)11-17(13)10-15/h2-12H,1H3,(H,23,24). The number of hydrogen-bond donors (Lipinski definition) is 1. The summed E-state index contributed by atoms with van der Waals surface area (Å²) in [6.07, 6.45) is 1.18. The van der Waals surface area contributed by atoms with Crippen LogP contribution in [0.5, 0.6) is 0 Å². The molecule has 0 unspecified atom stereocenters. The maximum absolute atomic E-state index is 11.6. The summed E-state index contributed by atoms with van der Waals surface area (Å²) in [7, 11) is -3.23. The van der Waals surface area contributed by atoms with Gasteiger partial charge in [-0.15, -0.1) is 11.3 Å². The number of sulfone groups is 1. The van der Waals surface area contributed by atoms with E-state index < -0.39 is 15.8 Å². The SMILES string of the molecule is CS(=O)(=O)c1ccc(-c2csc(-c3ccc4ccc(C(=O)O)cc4c3)n2)cc1. The number of aromatic nitrogens is 1. The molecule has 0 amide bonds. The zero-order valence-electron chi connectivity index (χ0n) is 14.8. The summed E-state index contributed by atoms with van der Waals surface area (Å²) in [4.78, 5) is 16.1. The molecule has 0 radical (unpaired) electrons. The minimum absolute atomic E-state index is 0.246. The number of rotatable bonds is 4. The smallest absolute Gasteiger partial charge is 0.335 e. The molecular weight excluding hydrogens is 394 g/mol. The highest BCUT2D eigenvalue weighted by Gasteiger charge is 2.11. The molecule has 0 atom stereocenters. The van der Waals surface area contributed by atoms with Gasteiger partial charge in [-0.05, 0) is 41.1 Å². The molecule has 140 valence electrons. The largest absolute Gasteiger partial charge is 0.478 e. The Balaban J connectivity index is 1.69. The monoisotopic (exact) mass is 409 g/mol. The Labute approximate surface area is 165 Å². The first kappa shape index (κ1) is 18.3. The summed E-state index contributed by atoms with van der Waals surface area (Å²) < 4.78 is 23.2. The number of thiazole rings is 1. The molecule has 1 N–H and O–H groups in total. The predicted molar refractivity (Wildman–Crippen MR) is 111 cm³/mol. The summed E-state index contributed by atoms with van der Waals surface area (Å²) in [5, 5.41) is 13.7. The molecule has 5 nitrogen and oxygen atoms in total. The van der Waals surface area contributed by atoms with Crippen molar-refractivity contribution < 1.29 is 18.3 Å². The van der Waals surface area contributed by atoms with Gasteiger partial charge in [0, 0.05) is 22.8 Å². The van der Waals surface area contributed by atoms with Crippen molar-refractivity contribution in [3.63, 3.8) is 0 Å². The van der Waals surface area contributed by atoms with Gasteiger partial charge in [0.15, 0.2) is 9.84 Å². The normalized spacial score (nSPS) is 11.6. The van der Waals surface area contributed by atoms with Crippen molar-refractivity contribution in [3.05, 3.63) is 71.6 Å². The van der Waals surface area contributed by atoms with E-state index in [0.29, 0.717) is 0 Å². The van der Waals surface area contributed by atoms with Crippen molar-refractivity contribution in [3.8, 4) is 21.8 Å². The number of carboxylic acid groups (broad SMARTS) is 1. The Morgan fingerprint density at radius 3 is 2.29 bits per heavy atom. The van der Waals surface area contributed by atoms with Crippen molar-refractivity contribution in [2.45, 2.75) is 4.90 Å². The second-order valence-corrected chi connectivity index (χ2v) is 9.29. The van der Waals surface area contributed by atoms with Crippen LogP contribution >= 0.6 is 11.3 Å². The van der Waals surface area contributed by atoms with Gasteiger partial charge in [0.25, 0.3) is 0 Å². The lowest BCUT2D eigenvalue weighted by Gasteiger charge is -2.03. The van der Waals surface area contributed by atoms with E-state index in [2.05, 4.69) is 4.98 Å². The Hall–Kier alpha value is -3.03. The molecule has 28 heavy (non-hydrogen) atoms. The zero-order valence-corrected chi connectivity index (χ0v) is 16.4. The van der Waals surface area contributed by atoms with E-state index >= 15 is 0 Å². The van der Waals surface area contributed by atoms with Crippen LogP contribution in [0.4, 0.5) is 0 Å². The van der Waals surface area contributed by atoms with Crippen molar-refractivity contribution in [2.24, 2.45) is 0 Å². The van der Waals surface area contributed by atoms with E-state index in [1.165, 1.54) is 17.6 Å². The Morgan fingerprint density at radius 2 is 1.61 bits per heavy atom. The molecule has 0 fully saturated rings. The minimum atomic E-state index is -3.23. The van der Waals surface area contributed by atoms with Gasteiger partial charge in [-0.3, -0.25) is 0 Å². The molecule has 3 aromatic carbocycles. The van der Waals surface area contributed by atoms with Crippen LogP contribution in [0.2, 0.25) is 0 Å². The first-order chi connectivity index (χ1) is 13.3. The lowest BCUT2D eigenvalue weighted by molar-refractivity contribution is 0.0697. The van der Waals surface area contributed by atoms with Crippen LogP contribution in [0.3, 0.4) is 0 Å². The number of carbonyl (C=O) groups is 1. The fourth-order valence-electron chi connectivity index (χ4n) is 2.92. The Bertz CT molecular complexity index is 1310. The molecule has 0 saturated carbocycles. The third-order valence-corrected chi connectivity index (χ3v) is 6.44. The van der Waals surface area contributed by atoms with Gasteiger partial charge < -0.3 is 5.11 Å². The van der Waals surface area contributed by atoms with Crippen LogP contribution in [-0.2, 0) is 9.84 Å². The summed E-state index contributed by atoms with van der Waals surface area (Å²) in [6, 6.07) is 17.5. The van der Waals surface area contributed by atoms with Gasteiger partial charge >= 0.3 is 5.97 Å². The molecular formula is C21H15NO4S2. The van der Waals surface area contributed by atoms with Gasteiger partial charge in [0.2, 0.25) is 0 Å². The second-order valence-electron chi connectivity index (χ2n) is 6.42. The highest BCUT2D eigenvalue weighted by atomic mass is 32.2. The van der Waals surface area contributed by atoms with Gasteiger partial charge in [-0.1, -0.05) is 30.3 Å². The number of aromatic carboxylic acids is 1. The molecule has 4 aromatic rings. The molecule has 0 bridgehead atoms. The van der Waals surface area contributed by atoms with Crippen LogP contribution in [0.1, 0.15) is 10.4 Å². The van der Waals surface area contributed by atoms with E-state index in [4.69, 9.17) is 0 Å². The summed E-state index contributed by atoms with van der Waals surface area (Å²) in [6.45, 7) is 0. The highest BCUT2D eigenvalue weighted by Crippen LogP contribution is 2.31. The third kappa shape index (κ3) is 3.54. The average Bonchev–Trinajstić information content (AvgIpc) is 3.16. The van der Waals surface area contributed by atoms with E-state index in [1.807, 2.05) is 23.6 Å². The number of hydrogen-bond acceptors (Lipinski definition) is 5. The van der Waals surface area contributed by atoms with Crippen LogP contribution < -0.4 is 0 Å². The van der Waals surface area contributed by atoms with Gasteiger partial charge in [-0.25, -0.2) is 18.2 Å². The Morgan fingerprint density at radius 1 is 0.929 bits per heavy atom. The van der Waals surface area contributed by atoms with Crippen LogP contribution in [-0.4, -0.2) is 30.7 Å². The predicted octanol–water partition coefficient (Wildman–Crippen LogP) is 4.73. The molecule has 0 saturated heterocycles. The quantitative estimate of drug-likeness (QED) is 0.527. The molecule has 0 aliphatic heterocycles. The fraction of sp³-hybridized carbons (Fsp3) is 0.0476. The molecule has 0 aliphatic rings. The zero-order chi connectivity index (χ0) is 19.9. The van der Waals surface area contributed by atoms with E-state index in [0.717, 1.165) is 32.6 Å². The van der Waals surface area contributed by atoms with Crippen molar-refractivity contribution in [2.75, 3.05) is 6.26 Å². The van der Waals surface area contributed by atoms with Gasteiger partial charge in [0.1, 0.15) is 5.01 Å². The van der Waals surface area contributed by atoms with E-state index in [-0.39, 0.29) is 10.5 Å². The summed E-state index contributed by atoms with van der Waals surface area (Å²) in [5.74, 6) is -0.957. The topological polar surface area (TPSA) is 84.3 Å². The number of carboxylic acids is 1. The maximum Gasteiger partial charge on any atom is 0.335 e. The third-order valence-electron chi connectivity index (χ3n) is 4.42. The molecule has 7 heteroatoms. The Kier molecular flexibility index (Phi) is 4.49. The number of benzene rings is 3. The van der Waals surface area contributed by atoms with Crippen molar-refractivity contribution in [1.29, 1.82) is 0 Å². The lowest BCUT2D eigenvalue weighted by atomic mass is 10.0. The first-order valence-corrected chi connectivity index (χ1v) is 11.1. The average molecular weight is 409 g/mol. The van der Waals surface area contributed by atoms with E-state index in [1.54, 1.807) is 42.5 Å². The highest BCUT2D eigenvalue weighted by molar-refractivity contribution is 7.90. The molecule has 1 aromatic heterocycles. The molecule has 0 spiro atoms. The lowest BCUT2D eigenvalue weighted by Crippen LogP contribution is -1.96. The van der Waals surface area contributed by atoms with Crippen LogP contribution in [0.25, 0.3) is 32.6 Å². The number of nitrogens with zero attached hydrogens (tertiary/aromatic N) is 1.